The van der Waals surface area contributed by atoms with Crippen molar-refractivity contribution in [1.82, 2.24) is 0 Å². The minimum absolute atomic E-state index is 0.0578. The van der Waals surface area contributed by atoms with E-state index >= 15 is 0 Å². The van der Waals surface area contributed by atoms with Crippen LogP contribution in [0.15, 0.2) is 59.7 Å². The normalized spacial score (nSPS) is 19.2. The number of nitrogens with zero attached hydrogens (tertiary/aromatic N) is 3. The van der Waals surface area contributed by atoms with Gasteiger partial charge in [0.25, 0.3) is 0 Å². The second-order valence-electron chi connectivity index (χ2n) is 6.29. The molecule has 0 bridgehead atoms. The van der Waals surface area contributed by atoms with E-state index in [1.165, 1.54) is 12.1 Å². The molecule has 26 heavy (non-hydrogen) atoms. The van der Waals surface area contributed by atoms with Gasteiger partial charge in [-0.15, -0.1) is 0 Å². The second-order valence-corrected chi connectivity index (χ2v) is 6.29. The third-order valence-corrected chi connectivity index (χ3v) is 4.70. The summed E-state index contributed by atoms with van der Waals surface area (Å²) in [5.74, 6) is -1.20. The topological polar surface area (TPSA) is 92.1 Å². The SMILES string of the molecule is [N-]=[N+]=NC(=O)c1ccccc1C(=O)O[C@@H]1CCCC[C@H]1c1ccccc1. The summed E-state index contributed by atoms with van der Waals surface area (Å²) in [6, 6.07) is 16.3. The summed E-state index contributed by atoms with van der Waals surface area (Å²) in [5.41, 5.74) is 9.81. The van der Waals surface area contributed by atoms with E-state index in [9.17, 15) is 9.59 Å². The smallest absolute Gasteiger partial charge is 0.339 e. The Bertz CT molecular complexity index is 844. The van der Waals surface area contributed by atoms with E-state index in [1.54, 1.807) is 12.1 Å². The lowest BCUT2D eigenvalue weighted by Gasteiger charge is -2.31. The number of carbonyl (C=O) groups excluding carboxylic acids is 2. The number of azide groups is 1. The highest BCUT2D eigenvalue weighted by molar-refractivity contribution is 6.05. The van der Waals surface area contributed by atoms with Crippen LogP contribution < -0.4 is 0 Å². The Labute approximate surface area is 151 Å². The van der Waals surface area contributed by atoms with Gasteiger partial charge in [0, 0.05) is 16.4 Å². The molecule has 0 radical (unpaired) electrons. The predicted molar refractivity (Wildman–Crippen MR) is 96.8 cm³/mol. The molecule has 1 fully saturated rings. The lowest BCUT2D eigenvalue weighted by atomic mass is 9.81. The van der Waals surface area contributed by atoms with Crippen molar-refractivity contribution in [3.63, 3.8) is 0 Å². The van der Waals surface area contributed by atoms with E-state index in [0.717, 1.165) is 31.2 Å². The molecule has 3 rings (SSSR count). The number of hydrogen-bond acceptors (Lipinski definition) is 3. The number of ether oxygens (including phenoxy) is 1. The predicted octanol–water partition coefficient (Wildman–Crippen LogP) is 5.02. The molecule has 1 aliphatic rings. The average Bonchev–Trinajstić information content (AvgIpc) is 2.69. The molecule has 1 saturated carbocycles. The van der Waals surface area contributed by atoms with E-state index in [4.69, 9.17) is 10.3 Å². The fourth-order valence-corrected chi connectivity index (χ4v) is 3.46. The fourth-order valence-electron chi connectivity index (χ4n) is 3.46. The minimum atomic E-state index is -0.789. The molecule has 0 spiro atoms. The van der Waals surface area contributed by atoms with Crippen LogP contribution in [0.1, 0.15) is 57.9 Å². The van der Waals surface area contributed by atoms with Crippen LogP contribution >= 0.6 is 0 Å². The quantitative estimate of drug-likeness (QED) is 0.336. The zero-order chi connectivity index (χ0) is 18.4. The molecular formula is C20H19N3O3. The summed E-state index contributed by atoms with van der Waals surface area (Å²) in [5, 5.41) is 3.08. The highest BCUT2D eigenvalue weighted by atomic mass is 16.5. The Balaban J connectivity index is 1.83. The molecule has 1 amide bonds. The minimum Gasteiger partial charge on any atom is -0.458 e. The fraction of sp³-hybridized carbons (Fsp3) is 0.300. The van der Waals surface area contributed by atoms with Crippen molar-refractivity contribution in [3.8, 4) is 0 Å². The van der Waals surface area contributed by atoms with Crippen LogP contribution in [0.4, 0.5) is 0 Å². The van der Waals surface area contributed by atoms with Gasteiger partial charge in [-0.25, -0.2) is 4.79 Å². The summed E-state index contributed by atoms with van der Waals surface area (Å²) >= 11 is 0. The van der Waals surface area contributed by atoms with Crippen LogP contribution in [0.3, 0.4) is 0 Å². The first-order valence-corrected chi connectivity index (χ1v) is 8.65. The summed E-state index contributed by atoms with van der Waals surface area (Å²) < 4.78 is 5.79. The third-order valence-electron chi connectivity index (χ3n) is 4.70. The van der Waals surface area contributed by atoms with Crippen LogP contribution in [-0.2, 0) is 4.74 Å². The van der Waals surface area contributed by atoms with Crippen LogP contribution in [0, 0.1) is 0 Å². The lowest BCUT2D eigenvalue weighted by Crippen LogP contribution is -2.29. The van der Waals surface area contributed by atoms with Gasteiger partial charge in [0.15, 0.2) is 0 Å². The summed E-state index contributed by atoms with van der Waals surface area (Å²) in [4.78, 5) is 27.1. The van der Waals surface area contributed by atoms with E-state index in [0.29, 0.717) is 0 Å². The van der Waals surface area contributed by atoms with Crippen molar-refractivity contribution in [2.75, 3.05) is 0 Å². The number of hydrogen-bond donors (Lipinski definition) is 0. The Kier molecular flexibility index (Phi) is 5.66. The van der Waals surface area contributed by atoms with E-state index in [-0.39, 0.29) is 23.1 Å². The van der Waals surface area contributed by atoms with Crippen molar-refractivity contribution in [3.05, 3.63) is 81.7 Å². The van der Waals surface area contributed by atoms with Crippen molar-refractivity contribution >= 4 is 11.9 Å². The highest BCUT2D eigenvalue weighted by Gasteiger charge is 2.30. The maximum Gasteiger partial charge on any atom is 0.339 e. The zero-order valence-electron chi connectivity index (χ0n) is 14.2. The Morgan fingerprint density at radius 3 is 2.35 bits per heavy atom. The third kappa shape index (κ3) is 3.92. The Hall–Kier alpha value is -3.11. The first kappa shape index (κ1) is 17.7. The second kappa shape index (κ2) is 8.32. The van der Waals surface area contributed by atoms with Crippen molar-refractivity contribution < 1.29 is 14.3 Å². The number of amides is 1. The maximum absolute atomic E-state index is 12.7. The van der Waals surface area contributed by atoms with Crippen LogP contribution in [0.2, 0.25) is 0 Å². The molecule has 6 heteroatoms. The zero-order valence-corrected chi connectivity index (χ0v) is 14.2. The van der Waals surface area contributed by atoms with E-state index in [1.807, 2.05) is 18.2 Å². The van der Waals surface area contributed by atoms with Gasteiger partial charge in [-0.2, -0.15) is 0 Å². The van der Waals surface area contributed by atoms with Gasteiger partial charge in [-0.1, -0.05) is 55.0 Å². The van der Waals surface area contributed by atoms with Gasteiger partial charge >= 0.3 is 5.97 Å². The van der Waals surface area contributed by atoms with Crippen LogP contribution in [-0.4, -0.2) is 18.0 Å². The van der Waals surface area contributed by atoms with Gasteiger partial charge in [0.2, 0.25) is 5.91 Å². The average molecular weight is 349 g/mol. The molecule has 0 heterocycles. The van der Waals surface area contributed by atoms with Gasteiger partial charge in [-0.3, -0.25) is 4.79 Å². The first-order valence-electron chi connectivity index (χ1n) is 8.65. The molecule has 0 aromatic heterocycles. The lowest BCUT2D eigenvalue weighted by molar-refractivity contribution is 0.0140. The number of carbonyl (C=O) groups is 2. The molecule has 2 aromatic carbocycles. The van der Waals surface area contributed by atoms with Crippen molar-refractivity contribution in [1.29, 1.82) is 0 Å². The first-order chi connectivity index (χ1) is 12.7. The maximum atomic E-state index is 12.7. The summed E-state index contributed by atoms with van der Waals surface area (Å²) in [6.45, 7) is 0. The molecule has 1 aliphatic carbocycles. The van der Waals surface area contributed by atoms with E-state index < -0.39 is 11.9 Å². The van der Waals surface area contributed by atoms with E-state index in [2.05, 4.69) is 22.2 Å². The van der Waals surface area contributed by atoms with Crippen LogP contribution in [0.25, 0.3) is 10.4 Å². The monoisotopic (exact) mass is 349 g/mol. The van der Waals surface area contributed by atoms with Crippen molar-refractivity contribution in [2.24, 2.45) is 5.11 Å². The molecule has 0 unspecified atom stereocenters. The molecule has 0 N–H and O–H groups in total. The molecule has 0 aliphatic heterocycles. The Morgan fingerprint density at radius 2 is 1.62 bits per heavy atom. The van der Waals surface area contributed by atoms with Crippen LogP contribution in [0.5, 0.6) is 0 Å². The van der Waals surface area contributed by atoms with Crippen molar-refractivity contribution in [2.45, 2.75) is 37.7 Å². The summed E-state index contributed by atoms with van der Waals surface area (Å²) in [6.07, 6.45) is 3.61. The molecule has 6 nitrogen and oxygen atoms in total. The number of benzene rings is 2. The highest BCUT2D eigenvalue weighted by Crippen LogP contribution is 2.35. The molecular weight excluding hydrogens is 330 g/mol. The largest absolute Gasteiger partial charge is 0.458 e. The number of esters is 1. The molecule has 132 valence electrons. The standard InChI is InChI=1S/C20H19N3O3/c21-23-22-19(24)16-11-4-5-12-17(16)20(25)26-18-13-7-6-10-15(18)14-8-2-1-3-9-14/h1-5,8-9,11-12,15,18H,6-7,10,13H2/t15-,18+/m0/s1. The van der Waals surface area contributed by atoms with Gasteiger partial charge in [0.05, 0.1) is 5.56 Å². The number of rotatable bonds is 4. The molecule has 0 saturated heterocycles. The molecule has 2 atom stereocenters. The summed E-state index contributed by atoms with van der Waals surface area (Å²) in [7, 11) is 0. The van der Waals surface area contributed by atoms with Gasteiger partial charge in [0.1, 0.15) is 6.10 Å². The molecule has 2 aromatic rings. The Morgan fingerprint density at radius 1 is 0.962 bits per heavy atom. The van der Waals surface area contributed by atoms with Gasteiger partial charge < -0.3 is 4.74 Å². The van der Waals surface area contributed by atoms with Gasteiger partial charge in [-0.05, 0) is 41.5 Å².